The summed E-state index contributed by atoms with van der Waals surface area (Å²) in [6, 6.07) is 3.35. The van der Waals surface area contributed by atoms with Gasteiger partial charge in [-0.15, -0.1) is 0 Å². The summed E-state index contributed by atoms with van der Waals surface area (Å²) in [5.41, 5.74) is 5.57. The lowest BCUT2D eigenvalue weighted by Gasteiger charge is -2.35. The summed E-state index contributed by atoms with van der Waals surface area (Å²) in [4.78, 5) is 47.8. The number of nitrogens with zero attached hydrogens (tertiary/aromatic N) is 7. The van der Waals surface area contributed by atoms with Gasteiger partial charge in [-0.05, 0) is 88.8 Å². The zero-order chi connectivity index (χ0) is 34.1. The summed E-state index contributed by atoms with van der Waals surface area (Å²) in [5.74, 6) is -0.151. The Kier molecular flexibility index (Phi) is 6.67. The highest BCUT2D eigenvalue weighted by atomic mass is 32.1. The molecule has 4 aromatic rings. The van der Waals surface area contributed by atoms with E-state index in [1.807, 2.05) is 9.80 Å². The van der Waals surface area contributed by atoms with E-state index in [0.29, 0.717) is 55.9 Å². The van der Waals surface area contributed by atoms with Crippen LogP contribution in [-0.2, 0) is 4.79 Å². The van der Waals surface area contributed by atoms with E-state index in [4.69, 9.17) is 15.5 Å². The van der Waals surface area contributed by atoms with Crippen LogP contribution in [0.2, 0.25) is 0 Å². The maximum atomic E-state index is 17.4. The fraction of sp³-hybridized carbons (Fsp3) is 0.583. The van der Waals surface area contributed by atoms with Gasteiger partial charge in [-0.1, -0.05) is 18.3 Å². The standard InChI is InChI=1S/C36H40F2N8O3S/c1-2-20-8-10-35(45(20)18-47)11-13-43(16-35)31-25-28(41-34(42-31)49-17-36-9-3-12-44(36)24-14-19(24)15-36)26(38)29(46(32(25)48)21-4-5-21)22-6-7-23(37)30-27(22)40-33(39)50-30/h6-7,18-21,24H,2-5,8-17H2,1H3,(H2,39,40). The molecule has 4 aliphatic heterocycles. The number of nitrogen functional groups attached to an aromatic ring is 1. The molecule has 6 aliphatic rings. The minimum Gasteiger partial charge on any atom is -0.461 e. The molecule has 1 spiro atoms. The lowest BCUT2D eigenvalue weighted by molar-refractivity contribution is -0.123. The number of piperidine rings is 1. The molecule has 5 atom stereocenters. The molecule has 6 fully saturated rings. The third kappa shape index (κ3) is 4.36. The molecule has 2 N–H and O–H groups in total. The average molecular weight is 703 g/mol. The van der Waals surface area contributed by atoms with E-state index < -0.39 is 17.2 Å². The average Bonchev–Trinajstić information content (AvgIpc) is 3.80. The normalized spacial score (nSPS) is 30.3. The number of aromatic nitrogens is 4. The third-order valence-corrected chi connectivity index (χ3v) is 13.7. The van der Waals surface area contributed by atoms with E-state index in [1.165, 1.54) is 23.1 Å². The predicted molar refractivity (Wildman–Crippen MR) is 186 cm³/mol. The van der Waals surface area contributed by atoms with Crippen LogP contribution in [0.4, 0.5) is 19.7 Å². The molecule has 1 aromatic carbocycles. The Morgan fingerprint density at radius 2 is 1.96 bits per heavy atom. The molecule has 11 nitrogen and oxygen atoms in total. The quantitative estimate of drug-likeness (QED) is 0.246. The molecule has 3 aromatic heterocycles. The number of pyridine rings is 1. The lowest BCUT2D eigenvalue weighted by Crippen LogP contribution is -2.48. The summed E-state index contributed by atoms with van der Waals surface area (Å²) in [5, 5.41) is 0.256. The van der Waals surface area contributed by atoms with Gasteiger partial charge >= 0.3 is 6.01 Å². The second-order valence-electron chi connectivity index (χ2n) is 15.5. The van der Waals surface area contributed by atoms with Crippen molar-refractivity contribution in [3.8, 4) is 17.3 Å². The SMILES string of the molecule is CCC1CCC2(CCN(c3nc(OCC45CCCN4C4CC4C5)nc4c(F)c(-c5ccc(F)c6sc(N)nc56)n(C5CC5)c(=O)c34)C2)N1C=O. The molecule has 262 valence electrons. The van der Waals surface area contributed by atoms with Gasteiger partial charge in [0.2, 0.25) is 6.41 Å². The van der Waals surface area contributed by atoms with Gasteiger partial charge in [0, 0.05) is 36.8 Å². The summed E-state index contributed by atoms with van der Waals surface area (Å²) in [6.07, 6.45) is 10.2. The van der Waals surface area contributed by atoms with Crippen LogP contribution < -0.4 is 20.9 Å². The summed E-state index contributed by atoms with van der Waals surface area (Å²) in [6.45, 7) is 4.59. The van der Waals surface area contributed by atoms with Gasteiger partial charge in [0.25, 0.3) is 5.56 Å². The number of fused-ring (bicyclic) bond motifs is 5. The zero-order valence-corrected chi connectivity index (χ0v) is 28.9. The minimum absolute atomic E-state index is 0.0268. The van der Waals surface area contributed by atoms with Crippen molar-refractivity contribution in [2.24, 2.45) is 5.92 Å². The molecule has 7 heterocycles. The van der Waals surface area contributed by atoms with Crippen molar-refractivity contribution in [2.45, 2.75) is 100 Å². The Balaban J connectivity index is 1.15. The van der Waals surface area contributed by atoms with Crippen molar-refractivity contribution >= 4 is 49.8 Å². The maximum absolute atomic E-state index is 17.4. The number of likely N-dealkylation sites (tertiary alicyclic amines) is 1. The molecule has 0 bridgehead atoms. The van der Waals surface area contributed by atoms with Crippen molar-refractivity contribution in [3.05, 3.63) is 34.1 Å². The van der Waals surface area contributed by atoms with E-state index in [-0.39, 0.29) is 61.1 Å². The van der Waals surface area contributed by atoms with Crippen LogP contribution in [0, 0.1) is 17.6 Å². The number of benzene rings is 1. The first kappa shape index (κ1) is 30.9. The molecule has 14 heteroatoms. The summed E-state index contributed by atoms with van der Waals surface area (Å²) in [7, 11) is 0. The van der Waals surface area contributed by atoms with Gasteiger partial charge in [0.15, 0.2) is 10.9 Å². The van der Waals surface area contributed by atoms with Crippen LogP contribution in [0.3, 0.4) is 0 Å². The van der Waals surface area contributed by atoms with Crippen LogP contribution in [-0.4, -0.2) is 85.1 Å². The van der Waals surface area contributed by atoms with E-state index in [1.54, 1.807) is 0 Å². The first-order valence-electron chi connectivity index (χ1n) is 18.1. The smallest absolute Gasteiger partial charge is 0.319 e. The Morgan fingerprint density at radius 1 is 1.10 bits per heavy atom. The third-order valence-electron chi connectivity index (χ3n) is 12.8. The number of halogens is 2. The topological polar surface area (TPSA) is 123 Å². The van der Waals surface area contributed by atoms with Crippen molar-refractivity contribution in [1.82, 2.24) is 29.3 Å². The Labute approximate surface area is 291 Å². The number of anilines is 2. The number of hydrogen-bond acceptors (Lipinski definition) is 10. The van der Waals surface area contributed by atoms with Gasteiger partial charge in [0.1, 0.15) is 29.1 Å². The molecule has 50 heavy (non-hydrogen) atoms. The maximum Gasteiger partial charge on any atom is 0.319 e. The van der Waals surface area contributed by atoms with E-state index in [2.05, 4.69) is 21.8 Å². The molecule has 10 rings (SSSR count). The number of carbonyl (C=O) groups is 1. The summed E-state index contributed by atoms with van der Waals surface area (Å²) < 4.78 is 40.6. The van der Waals surface area contributed by atoms with Gasteiger partial charge in [-0.2, -0.15) is 9.97 Å². The van der Waals surface area contributed by atoms with Crippen molar-refractivity contribution < 1.29 is 18.3 Å². The molecule has 5 unspecified atom stereocenters. The fourth-order valence-electron chi connectivity index (χ4n) is 10.2. The first-order chi connectivity index (χ1) is 24.2. The zero-order valence-electron chi connectivity index (χ0n) is 28.0. The van der Waals surface area contributed by atoms with Crippen LogP contribution >= 0.6 is 11.3 Å². The van der Waals surface area contributed by atoms with Gasteiger partial charge in [-0.25, -0.2) is 13.8 Å². The van der Waals surface area contributed by atoms with Crippen LogP contribution in [0.1, 0.15) is 77.2 Å². The van der Waals surface area contributed by atoms with Crippen molar-refractivity contribution in [2.75, 3.05) is 36.9 Å². The molecular formula is C36H40F2N8O3S. The van der Waals surface area contributed by atoms with Gasteiger partial charge in [0.05, 0.1) is 27.0 Å². The Hall–Kier alpha value is -3.91. The second-order valence-corrected chi connectivity index (χ2v) is 16.6. The molecule has 1 amide bonds. The van der Waals surface area contributed by atoms with Crippen LogP contribution in [0.15, 0.2) is 16.9 Å². The number of carbonyl (C=O) groups excluding carboxylic acids is 1. The van der Waals surface area contributed by atoms with Crippen LogP contribution in [0.5, 0.6) is 6.01 Å². The minimum atomic E-state index is -0.697. The predicted octanol–water partition coefficient (Wildman–Crippen LogP) is 5.25. The summed E-state index contributed by atoms with van der Waals surface area (Å²) >= 11 is 0.991. The molecule has 2 saturated carbocycles. The molecule has 2 aliphatic carbocycles. The number of nitrogens with two attached hydrogens (primary N) is 1. The number of hydrogen-bond donors (Lipinski definition) is 1. The Morgan fingerprint density at radius 3 is 2.76 bits per heavy atom. The number of amides is 1. The van der Waals surface area contributed by atoms with E-state index >= 15 is 4.39 Å². The number of rotatable bonds is 8. The first-order valence-corrected chi connectivity index (χ1v) is 18.9. The van der Waals surface area contributed by atoms with E-state index in [0.717, 1.165) is 69.2 Å². The van der Waals surface area contributed by atoms with Crippen LogP contribution in [0.25, 0.3) is 32.4 Å². The monoisotopic (exact) mass is 702 g/mol. The fourth-order valence-corrected chi connectivity index (χ4v) is 11.0. The van der Waals surface area contributed by atoms with Crippen molar-refractivity contribution in [3.63, 3.8) is 0 Å². The number of thiazole rings is 1. The van der Waals surface area contributed by atoms with Gasteiger partial charge in [-0.3, -0.25) is 14.5 Å². The second kappa shape index (κ2) is 10.8. The highest BCUT2D eigenvalue weighted by Crippen LogP contribution is 2.57. The number of ether oxygens (including phenoxy) is 1. The highest BCUT2D eigenvalue weighted by molar-refractivity contribution is 7.22. The largest absolute Gasteiger partial charge is 0.461 e. The molecule has 0 radical (unpaired) electrons. The molecule has 4 saturated heterocycles. The lowest BCUT2D eigenvalue weighted by atomic mass is 9.93. The van der Waals surface area contributed by atoms with E-state index in [9.17, 15) is 14.0 Å². The Bertz CT molecular complexity index is 2160. The van der Waals surface area contributed by atoms with Crippen molar-refractivity contribution in [1.29, 1.82) is 0 Å². The van der Waals surface area contributed by atoms with Gasteiger partial charge < -0.3 is 24.8 Å². The molecular weight excluding hydrogens is 663 g/mol. The highest BCUT2D eigenvalue weighted by Gasteiger charge is 2.61.